The van der Waals surface area contributed by atoms with Crippen LogP contribution in [0.2, 0.25) is 5.02 Å². The van der Waals surface area contributed by atoms with Gasteiger partial charge in [0.2, 0.25) is 0 Å². The molecule has 0 radical (unpaired) electrons. The van der Waals surface area contributed by atoms with E-state index in [9.17, 15) is 9.90 Å². The number of piperidine rings is 1. The lowest BCUT2D eigenvalue weighted by molar-refractivity contribution is 0.104. The first kappa shape index (κ1) is 19.5. The van der Waals surface area contributed by atoms with E-state index in [1.165, 1.54) is 31.4 Å². The number of benzene rings is 2. The normalized spacial score (nSPS) is 15.2. The maximum atomic E-state index is 12.6. The molecule has 142 valence electrons. The highest BCUT2D eigenvalue weighted by Gasteiger charge is 2.17. The molecular formula is C22H24ClNO3. The van der Waals surface area contributed by atoms with Gasteiger partial charge in [0, 0.05) is 23.2 Å². The monoisotopic (exact) mass is 385 g/mol. The van der Waals surface area contributed by atoms with Crippen molar-refractivity contribution in [2.75, 3.05) is 20.2 Å². The summed E-state index contributed by atoms with van der Waals surface area (Å²) in [6, 6.07) is 10.5. The number of hydrogen-bond acceptors (Lipinski definition) is 4. The summed E-state index contributed by atoms with van der Waals surface area (Å²) in [5.41, 5.74) is 2.07. The molecule has 3 rings (SSSR count). The fraction of sp³-hybridized carbons (Fsp3) is 0.318. The number of likely N-dealkylation sites (tertiary alicyclic amines) is 1. The lowest BCUT2D eigenvalue weighted by Crippen LogP contribution is -2.29. The number of phenols is 1. The summed E-state index contributed by atoms with van der Waals surface area (Å²) in [6.07, 6.45) is 6.83. The minimum absolute atomic E-state index is 0.0694. The SMILES string of the molecule is COc1cc(O)c(C(=O)/C=C/c2ccc(Cl)cc2)cc1CN1CCCCC1. The first-order valence-electron chi connectivity index (χ1n) is 9.17. The number of aromatic hydroxyl groups is 1. The Labute approximate surface area is 165 Å². The number of ketones is 1. The van der Waals surface area contributed by atoms with Crippen molar-refractivity contribution in [3.63, 3.8) is 0 Å². The number of hydrogen-bond donors (Lipinski definition) is 1. The van der Waals surface area contributed by atoms with E-state index in [-0.39, 0.29) is 17.1 Å². The summed E-state index contributed by atoms with van der Waals surface area (Å²) < 4.78 is 5.41. The standard InChI is InChI=1S/C22H24ClNO3/c1-27-22-14-21(26)19(13-17(22)15-24-11-3-2-4-12-24)20(25)10-7-16-5-8-18(23)9-6-16/h5-10,13-14,26H,2-4,11-12,15H2,1H3/b10-7+. The number of methoxy groups -OCH3 is 1. The number of nitrogens with zero attached hydrogens (tertiary/aromatic N) is 1. The van der Waals surface area contributed by atoms with Gasteiger partial charge in [-0.3, -0.25) is 9.69 Å². The van der Waals surface area contributed by atoms with Crippen molar-refractivity contribution < 1.29 is 14.6 Å². The molecule has 4 nitrogen and oxygen atoms in total. The van der Waals surface area contributed by atoms with E-state index in [1.54, 1.807) is 31.4 Å². The molecule has 1 aliphatic rings. The van der Waals surface area contributed by atoms with Gasteiger partial charge in [0.15, 0.2) is 5.78 Å². The Hall–Kier alpha value is -2.30. The Bertz CT molecular complexity index is 824. The average Bonchev–Trinajstić information content (AvgIpc) is 2.69. The zero-order valence-electron chi connectivity index (χ0n) is 15.5. The number of rotatable bonds is 6. The molecule has 27 heavy (non-hydrogen) atoms. The summed E-state index contributed by atoms with van der Waals surface area (Å²) in [4.78, 5) is 15.0. The van der Waals surface area contributed by atoms with Crippen molar-refractivity contribution in [1.82, 2.24) is 4.90 Å². The number of allylic oxidation sites excluding steroid dienone is 1. The second kappa shape index (κ2) is 9.07. The van der Waals surface area contributed by atoms with Gasteiger partial charge >= 0.3 is 0 Å². The molecule has 2 aromatic rings. The molecule has 2 aromatic carbocycles. The van der Waals surface area contributed by atoms with Crippen molar-refractivity contribution in [3.8, 4) is 11.5 Å². The second-order valence-corrected chi connectivity index (χ2v) is 7.20. The van der Waals surface area contributed by atoms with Crippen LogP contribution >= 0.6 is 11.6 Å². The molecule has 0 bridgehead atoms. The molecule has 5 heteroatoms. The van der Waals surface area contributed by atoms with Crippen LogP contribution in [0.1, 0.15) is 40.7 Å². The summed E-state index contributed by atoms with van der Waals surface area (Å²) in [7, 11) is 1.58. The number of carbonyl (C=O) groups excluding carboxylic acids is 1. The molecular weight excluding hydrogens is 362 g/mol. The maximum Gasteiger partial charge on any atom is 0.189 e. The summed E-state index contributed by atoms with van der Waals surface area (Å²) in [5, 5.41) is 10.9. The first-order valence-corrected chi connectivity index (χ1v) is 9.55. The highest BCUT2D eigenvalue weighted by Crippen LogP contribution is 2.30. The zero-order chi connectivity index (χ0) is 19.2. The van der Waals surface area contributed by atoms with Crippen molar-refractivity contribution in [2.24, 2.45) is 0 Å². The van der Waals surface area contributed by atoms with E-state index in [4.69, 9.17) is 16.3 Å². The van der Waals surface area contributed by atoms with Crippen LogP contribution in [-0.4, -0.2) is 36.0 Å². The Morgan fingerprint density at radius 1 is 1.19 bits per heavy atom. The van der Waals surface area contributed by atoms with Crippen molar-refractivity contribution in [3.05, 3.63) is 64.2 Å². The summed E-state index contributed by atoms with van der Waals surface area (Å²) in [5.74, 6) is 0.293. The topological polar surface area (TPSA) is 49.8 Å². The zero-order valence-corrected chi connectivity index (χ0v) is 16.2. The predicted octanol–water partition coefficient (Wildman–Crippen LogP) is 4.94. The molecule has 0 saturated carbocycles. The van der Waals surface area contributed by atoms with Crippen LogP contribution in [0.3, 0.4) is 0 Å². The molecule has 1 fully saturated rings. The lowest BCUT2D eigenvalue weighted by atomic mass is 10.0. The van der Waals surface area contributed by atoms with E-state index >= 15 is 0 Å². The lowest BCUT2D eigenvalue weighted by Gasteiger charge is -2.27. The Morgan fingerprint density at radius 2 is 1.89 bits per heavy atom. The molecule has 1 N–H and O–H groups in total. The minimum Gasteiger partial charge on any atom is -0.507 e. The maximum absolute atomic E-state index is 12.6. The van der Waals surface area contributed by atoms with E-state index in [2.05, 4.69) is 4.90 Å². The van der Waals surface area contributed by atoms with Gasteiger partial charge in [-0.2, -0.15) is 0 Å². The van der Waals surface area contributed by atoms with Crippen LogP contribution in [0.5, 0.6) is 11.5 Å². The van der Waals surface area contributed by atoms with E-state index < -0.39 is 0 Å². The van der Waals surface area contributed by atoms with E-state index in [1.807, 2.05) is 12.1 Å². The van der Waals surface area contributed by atoms with Crippen molar-refractivity contribution >= 4 is 23.5 Å². The largest absolute Gasteiger partial charge is 0.507 e. The Morgan fingerprint density at radius 3 is 2.56 bits per heavy atom. The second-order valence-electron chi connectivity index (χ2n) is 6.77. The van der Waals surface area contributed by atoms with Gasteiger partial charge in [-0.05, 0) is 55.8 Å². The minimum atomic E-state index is -0.245. The number of phenolic OH excluding ortho intramolecular Hbond substituents is 1. The highest BCUT2D eigenvalue weighted by molar-refractivity contribution is 6.30. The molecule has 0 aromatic heterocycles. The Kier molecular flexibility index (Phi) is 6.54. The van der Waals surface area contributed by atoms with Gasteiger partial charge in [-0.15, -0.1) is 0 Å². The van der Waals surface area contributed by atoms with Crippen LogP contribution in [0.15, 0.2) is 42.5 Å². The van der Waals surface area contributed by atoms with Gasteiger partial charge in [0.1, 0.15) is 11.5 Å². The smallest absolute Gasteiger partial charge is 0.189 e. The number of ether oxygens (including phenoxy) is 1. The molecule has 0 unspecified atom stereocenters. The van der Waals surface area contributed by atoms with Gasteiger partial charge in [-0.25, -0.2) is 0 Å². The van der Waals surface area contributed by atoms with Crippen LogP contribution in [0, 0.1) is 0 Å². The van der Waals surface area contributed by atoms with Gasteiger partial charge in [0.05, 0.1) is 12.7 Å². The van der Waals surface area contributed by atoms with Gasteiger partial charge in [0.25, 0.3) is 0 Å². The highest BCUT2D eigenvalue weighted by atomic mass is 35.5. The molecule has 1 aliphatic heterocycles. The Balaban J connectivity index is 1.81. The van der Waals surface area contributed by atoms with E-state index in [0.717, 1.165) is 24.2 Å². The van der Waals surface area contributed by atoms with Crippen molar-refractivity contribution in [1.29, 1.82) is 0 Å². The fourth-order valence-electron chi connectivity index (χ4n) is 3.32. The molecule has 1 saturated heterocycles. The average molecular weight is 386 g/mol. The molecule has 0 spiro atoms. The van der Waals surface area contributed by atoms with Gasteiger partial charge in [-0.1, -0.05) is 36.2 Å². The van der Waals surface area contributed by atoms with Crippen LogP contribution in [0.25, 0.3) is 6.08 Å². The number of carbonyl (C=O) groups is 1. The van der Waals surface area contributed by atoms with Gasteiger partial charge < -0.3 is 9.84 Å². The summed E-state index contributed by atoms with van der Waals surface area (Å²) >= 11 is 5.88. The molecule has 0 aliphatic carbocycles. The van der Waals surface area contributed by atoms with Crippen molar-refractivity contribution in [2.45, 2.75) is 25.8 Å². The molecule has 0 amide bonds. The summed E-state index contributed by atoms with van der Waals surface area (Å²) in [6.45, 7) is 2.80. The van der Waals surface area contributed by atoms with E-state index in [0.29, 0.717) is 17.3 Å². The third-order valence-electron chi connectivity index (χ3n) is 4.80. The third kappa shape index (κ3) is 5.12. The van der Waals surface area contributed by atoms with Crippen LogP contribution in [0.4, 0.5) is 0 Å². The molecule has 1 heterocycles. The third-order valence-corrected chi connectivity index (χ3v) is 5.06. The van der Waals surface area contributed by atoms with Crippen LogP contribution in [-0.2, 0) is 6.54 Å². The van der Waals surface area contributed by atoms with Crippen LogP contribution < -0.4 is 4.74 Å². The molecule has 0 atom stereocenters. The fourth-order valence-corrected chi connectivity index (χ4v) is 3.44. The first-order chi connectivity index (χ1) is 13.1. The predicted molar refractivity (Wildman–Crippen MR) is 109 cm³/mol. The number of halogens is 1. The quantitative estimate of drug-likeness (QED) is 0.565.